The molecule has 2 aromatic carbocycles. The number of carbonyl (C=O) groups is 1. The van der Waals surface area contributed by atoms with E-state index in [4.69, 9.17) is 11.6 Å². The molecular formula is C17H17ClF2N2O2. The number of urea groups is 1. The highest BCUT2D eigenvalue weighted by Gasteiger charge is 2.09. The molecule has 0 fully saturated rings. The Morgan fingerprint density at radius 3 is 2.33 bits per heavy atom. The molecule has 2 amide bonds. The molecule has 0 aromatic heterocycles. The van der Waals surface area contributed by atoms with Gasteiger partial charge in [0.1, 0.15) is 5.75 Å². The summed E-state index contributed by atoms with van der Waals surface area (Å²) in [6.45, 7) is -0.720. The second kappa shape index (κ2) is 8.49. The smallest absolute Gasteiger partial charge is 0.387 e. The number of ether oxygens (including phenoxy) is 1. The predicted octanol–water partition coefficient (Wildman–Crippen LogP) is 4.50. The molecule has 128 valence electrons. The van der Waals surface area contributed by atoms with Gasteiger partial charge in [0.2, 0.25) is 0 Å². The maximum atomic E-state index is 12.1. The Labute approximate surface area is 143 Å². The Bertz CT molecular complexity index is 663. The van der Waals surface area contributed by atoms with Crippen molar-refractivity contribution in [1.82, 2.24) is 10.6 Å². The molecule has 2 N–H and O–H groups in total. The third kappa shape index (κ3) is 5.70. The molecule has 7 heteroatoms. The number of amides is 2. The summed E-state index contributed by atoms with van der Waals surface area (Å²) in [5.74, 6) is 0.0783. The molecule has 4 nitrogen and oxygen atoms in total. The monoisotopic (exact) mass is 354 g/mol. The van der Waals surface area contributed by atoms with Crippen LogP contribution in [0.15, 0.2) is 48.5 Å². The van der Waals surface area contributed by atoms with E-state index >= 15 is 0 Å². The first-order chi connectivity index (χ1) is 11.4. The minimum atomic E-state index is -2.85. The summed E-state index contributed by atoms with van der Waals surface area (Å²) in [5, 5.41) is 6.15. The minimum Gasteiger partial charge on any atom is -0.435 e. The first kappa shape index (κ1) is 18.0. The van der Waals surface area contributed by atoms with E-state index in [1.807, 2.05) is 19.1 Å². The summed E-state index contributed by atoms with van der Waals surface area (Å²) in [6, 6.07) is 12.8. The highest BCUT2D eigenvalue weighted by atomic mass is 35.5. The largest absolute Gasteiger partial charge is 0.435 e. The third-order valence-electron chi connectivity index (χ3n) is 3.32. The van der Waals surface area contributed by atoms with Crippen LogP contribution in [0.1, 0.15) is 24.1 Å². The van der Waals surface area contributed by atoms with Gasteiger partial charge in [-0.15, -0.1) is 0 Å². The highest BCUT2D eigenvalue weighted by molar-refractivity contribution is 6.30. The van der Waals surface area contributed by atoms with Crippen molar-refractivity contribution in [2.24, 2.45) is 0 Å². The number of hydrogen-bond acceptors (Lipinski definition) is 2. The molecular weight excluding hydrogens is 338 g/mol. The second-order valence-corrected chi connectivity index (χ2v) is 5.56. The molecule has 0 aliphatic carbocycles. The molecule has 0 spiro atoms. The fourth-order valence-corrected chi connectivity index (χ4v) is 2.18. The lowest BCUT2D eigenvalue weighted by molar-refractivity contribution is -0.0498. The van der Waals surface area contributed by atoms with E-state index in [-0.39, 0.29) is 24.4 Å². The number of alkyl halides is 2. The fourth-order valence-electron chi connectivity index (χ4n) is 2.05. The van der Waals surface area contributed by atoms with E-state index in [1.165, 1.54) is 12.1 Å². The fraction of sp³-hybridized carbons (Fsp3) is 0.235. The summed E-state index contributed by atoms with van der Waals surface area (Å²) < 4.78 is 28.4. The molecule has 0 saturated heterocycles. The van der Waals surface area contributed by atoms with Gasteiger partial charge < -0.3 is 15.4 Å². The average Bonchev–Trinajstić information content (AvgIpc) is 2.54. The molecule has 1 unspecified atom stereocenters. The van der Waals surface area contributed by atoms with Crippen molar-refractivity contribution in [3.63, 3.8) is 0 Å². The lowest BCUT2D eigenvalue weighted by Gasteiger charge is -2.15. The Hall–Kier alpha value is -2.34. The minimum absolute atomic E-state index is 0.0783. The second-order valence-electron chi connectivity index (χ2n) is 5.12. The molecule has 0 aliphatic heterocycles. The zero-order chi connectivity index (χ0) is 17.5. The maximum Gasteiger partial charge on any atom is 0.387 e. The van der Waals surface area contributed by atoms with Crippen molar-refractivity contribution >= 4 is 17.6 Å². The van der Waals surface area contributed by atoms with E-state index in [0.29, 0.717) is 5.02 Å². The van der Waals surface area contributed by atoms with E-state index in [0.717, 1.165) is 11.1 Å². The molecule has 0 radical (unpaired) electrons. The standard InChI is InChI=1S/C17H17ClF2N2O2/c1-11(13-4-6-14(18)7-5-13)22-17(23)21-10-12-2-8-15(9-3-12)24-16(19)20/h2-9,11,16H,10H2,1H3,(H2,21,22,23). The molecule has 0 saturated carbocycles. The average molecular weight is 355 g/mol. The van der Waals surface area contributed by atoms with Crippen molar-refractivity contribution in [3.8, 4) is 5.75 Å². The molecule has 1 atom stereocenters. The van der Waals surface area contributed by atoms with Crippen LogP contribution in [-0.2, 0) is 6.54 Å². The summed E-state index contributed by atoms with van der Waals surface area (Å²) in [5.41, 5.74) is 1.70. The van der Waals surface area contributed by atoms with E-state index in [2.05, 4.69) is 15.4 Å². The number of halogens is 3. The molecule has 2 aromatic rings. The Morgan fingerprint density at radius 1 is 1.12 bits per heavy atom. The summed E-state index contributed by atoms with van der Waals surface area (Å²) in [7, 11) is 0. The number of carbonyl (C=O) groups excluding carboxylic acids is 1. The van der Waals surface area contributed by atoms with Crippen LogP contribution in [0.5, 0.6) is 5.75 Å². The number of hydrogen-bond donors (Lipinski definition) is 2. The normalized spacial score (nSPS) is 11.9. The van der Waals surface area contributed by atoms with Gasteiger partial charge in [-0.1, -0.05) is 35.9 Å². The lowest BCUT2D eigenvalue weighted by Crippen LogP contribution is -2.36. The van der Waals surface area contributed by atoms with Crippen LogP contribution in [0.4, 0.5) is 13.6 Å². The van der Waals surface area contributed by atoms with Crippen molar-refractivity contribution in [2.75, 3.05) is 0 Å². The van der Waals surface area contributed by atoms with E-state index < -0.39 is 6.61 Å². The van der Waals surface area contributed by atoms with Gasteiger partial charge in [-0.2, -0.15) is 8.78 Å². The first-order valence-electron chi connectivity index (χ1n) is 7.27. The first-order valence-corrected chi connectivity index (χ1v) is 7.65. The number of nitrogens with one attached hydrogen (secondary N) is 2. The Morgan fingerprint density at radius 2 is 1.75 bits per heavy atom. The molecule has 0 bridgehead atoms. The SMILES string of the molecule is CC(NC(=O)NCc1ccc(OC(F)F)cc1)c1ccc(Cl)cc1. The van der Waals surface area contributed by atoms with Crippen molar-refractivity contribution in [1.29, 1.82) is 0 Å². The van der Waals surface area contributed by atoms with Gasteiger partial charge in [0, 0.05) is 11.6 Å². The van der Waals surface area contributed by atoms with Crippen LogP contribution in [0.2, 0.25) is 5.02 Å². The van der Waals surface area contributed by atoms with Gasteiger partial charge in [-0.25, -0.2) is 4.79 Å². The number of benzene rings is 2. The summed E-state index contributed by atoms with van der Waals surface area (Å²) in [6.07, 6.45) is 0. The summed E-state index contributed by atoms with van der Waals surface area (Å²) in [4.78, 5) is 11.9. The van der Waals surface area contributed by atoms with Crippen LogP contribution >= 0.6 is 11.6 Å². The zero-order valence-electron chi connectivity index (χ0n) is 12.9. The van der Waals surface area contributed by atoms with Crippen molar-refractivity contribution < 1.29 is 18.3 Å². The van der Waals surface area contributed by atoms with E-state index in [9.17, 15) is 13.6 Å². The Balaban J connectivity index is 1.81. The van der Waals surface area contributed by atoms with Crippen LogP contribution in [0.25, 0.3) is 0 Å². The van der Waals surface area contributed by atoms with Crippen LogP contribution in [0, 0.1) is 0 Å². The van der Waals surface area contributed by atoms with Gasteiger partial charge >= 0.3 is 12.6 Å². The molecule has 24 heavy (non-hydrogen) atoms. The van der Waals surface area contributed by atoms with Crippen molar-refractivity contribution in [3.05, 3.63) is 64.7 Å². The molecule has 2 rings (SSSR count). The maximum absolute atomic E-state index is 12.1. The van der Waals surface area contributed by atoms with Gasteiger partial charge in [0.05, 0.1) is 6.04 Å². The van der Waals surface area contributed by atoms with Gasteiger partial charge in [0.15, 0.2) is 0 Å². The molecule has 0 heterocycles. The third-order valence-corrected chi connectivity index (χ3v) is 3.57. The van der Waals surface area contributed by atoms with Gasteiger partial charge in [0.25, 0.3) is 0 Å². The van der Waals surface area contributed by atoms with Crippen LogP contribution < -0.4 is 15.4 Å². The van der Waals surface area contributed by atoms with Crippen LogP contribution in [0.3, 0.4) is 0 Å². The summed E-state index contributed by atoms with van der Waals surface area (Å²) >= 11 is 5.83. The predicted molar refractivity (Wildman–Crippen MR) is 88.3 cm³/mol. The Kier molecular flexibility index (Phi) is 6.37. The topological polar surface area (TPSA) is 50.4 Å². The number of rotatable bonds is 6. The van der Waals surface area contributed by atoms with Gasteiger partial charge in [-0.3, -0.25) is 0 Å². The van der Waals surface area contributed by atoms with Gasteiger partial charge in [-0.05, 0) is 42.3 Å². The highest BCUT2D eigenvalue weighted by Crippen LogP contribution is 2.16. The van der Waals surface area contributed by atoms with E-state index in [1.54, 1.807) is 24.3 Å². The molecule has 0 aliphatic rings. The zero-order valence-corrected chi connectivity index (χ0v) is 13.7. The lowest BCUT2D eigenvalue weighted by atomic mass is 10.1. The quantitative estimate of drug-likeness (QED) is 0.802. The van der Waals surface area contributed by atoms with Crippen molar-refractivity contribution in [2.45, 2.75) is 26.1 Å². The van der Waals surface area contributed by atoms with Crippen LogP contribution in [-0.4, -0.2) is 12.6 Å².